The molecule has 2 aromatic carbocycles. The van der Waals surface area contributed by atoms with Crippen LogP contribution in [0.3, 0.4) is 0 Å². The van der Waals surface area contributed by atoms with E-state index in [0.717, 1.165) is 28.8 Å². The highest BCUT2D eigenvalue weighted by Gasteiger charge is 2.06. The van der Waals surface area contributed by atoms with E-state index in [-0.39, 0.29) is 0 Å². The summed E-state index contributed by atoms with van der Waals surface area (Å²) in [4.78, 5) is 10.7. The summed E-state index contributed by atoms with van der Waals surface area (Å²) in [5.41, 5.74) is 2.28. The molecule has 24 heavy (non-hydrogen) atoms. The number of nitrogens with one attached hydrogen (secondary N) is 1. The molecule has 5 heteroatoms. The van der Waals surface area contributed by atoms with Crippen LogP contribution in [0.5, 0.6) is 0 Å². The first kappa shape index (κ1) is 16.3. The minimum absolute atomic E-state index is 0.624. The smallest absolute Gasteiger partial charge is 0.134 e. The van der Waals surface area contributed by atoms with Crippen LogP contribution in [0.2, 0.25) is 5.02 Å². The summed E-state index contributed by atoms with van der Waals surface area (Å²) in [6.07, 6.45) is 1.58. The summed E-state index contributed by atoms with van der Waals surface area (Å²) in [5.74, 6) is 1.65. The fraction of sp³-hybridized carbons (Fsp3) is 0.158. The third-order valence-corrected chi connectivity index (χ3v) is 4.09. The summed E-state index contributed by atoms with van der Waals surface area (Å²) in [6, 6.07) is 20.0. The van der Waals surface area contributed by atoms with Crippen LogP contribution in [-0.2, 0) is 13.1 Å². The van der Waals surface area contributed by atoms with E-state index in [2.05, 4.69) is 32.3 Å². The van der Waals surface area contributed by atoms with Gasteiger partial charge in [-0.2, -0.15) is 0 Å². The second-order valence-corrected chi connectivity index (χ2v) is 5.96. The Morgan fingerprint density at radius 2 is 1.75 bits per heavy atom. The SMILES string of the molecule is CN(Cc1ccccc1)c1cc(NCc2ccccc2Cl)ncn1. The van der Waals surface area contributed by atoms with E-state index in [1.807, 2.05) is 55.6 Å². The van der Waals surface area contributed by atoms with E-state index in [9.17, 15) is 0 Å². The van der Waals surface area contributed by atoms with Crippen LogP contribution in [-0.4, -0.2) is 17.0 Å². The predicted octanol–water partition coefficient (Wildman–Crippen LogP) is 4.38. The second-order valence-electron chi connectivity index (χ2n) is 5.55. The van der Waals surface area contributed by atoms with Crippen molar-refractivity contribution in [1.29, 1.82) is 0 Å². The van der Waals surface area contributed by atoms with Crippen molar-refractivity contribution in [2.24, 2.45) is 0 Å². The average Bonchev–Trinajstić information content (AvgIpc) is 2.62. The fourth-order valence-corrected chi connectivity index (χ4v) is 2.62. The lowest BCUT2D eigenvalue weighted by Crippen LogP contribution is -2.18. The van der Waals surface area contributed by atoms with Gasteiger partial charge in [-0.1, -0.05) is 60.1 Å². The molecule has 0 bridgehead atoms. The second kappa shape index (κ2) is 7.79. The minimum atomic E-state index is 0.624. The molecule has 0 radical (unpaired) electrons. The van der Waals surface area contributed by atoms with Gasteiger partial charge in [-0.05, 0) is 17.2 Å². The number of benzene rings is 2. The van der Waals surface area contributed by atoms with Gasteiger partial charge >= 0.3 is 0 Å². The number of aromatic nitrogens is 2. The molecule has 0 aliphatic rings. The van der Waals surface area contributed by atoms with Gasteiger partial charge in [0.15, 0.2) is 0 Å². The number of anilines is 2. The first-order valence-electron chi connectivity index (χ1n) is 7.77. The van der Waals surface area contributed by atoms with Crippen LogP contribution >= 0.6 is 11.6 Å². The van der Waals surface area contributed by atoms with Gasteiger partial charge in [0, 0.05) is 31.2 Å². The normalized spacial score (nSPS) is 10.4. The summed E-state index contributed by atoms with van der Waals surface area (Å²) >= 11 is 6.18. The molecule has 0 aliphatic heterocycles. The number of rotatable bonds is 6. The average molecular weight is 339 g/mol. The molecule has 3 rings (SSSR count). The summed E-state index contributed by atoms with van der Waals surface area (Å²) in [6.45, 7) is 1.42. The Morgan fingerprint density at radius 1 is 1.00 bits per heavy atom. The molecule has 0 atom stereocenters. The molecular weight excluding hydrogens is 320 g/mol. The van der Waals surface area contributed by atoms with E-state index >= 15 is 0 Å². The maximum atomic E-state index is 6.18. The number of hydrogen-bond acceptors (Lipinski definition) is 4. The topological polar surface area (TPSA) is 41.0 Å². The minimum Gasteiger partial charge on any atom is -0.366 e. The van der Waals surface area contributed by atoms with E-state index < -0.39 is 0 Å². The van der Waals surface area contributed by atoms with Crippen LogP contribution in [0.15, 0.2) is 67.0 Å². The van der Waals surface area contributed by atoms with E-state index in [1.54, 1.807) is 6.33 Å². The van der Waals surface area contributed by atoms with Crippen molar-refractivity contribution in [3.8, 4) is 0 Å². The maximum Gasteiger partial charge on any atom is 0.134 e. The molecule has 0 saturated heterocycles. The van der Waals surface area contributed by atoms with Gasteiger partial charge in [-0.25, -0.2) is 9.97 Å². The van der Waals surface area contributed by atoms with Gasteiger partial charge in [0.25, 0.3) is 0 Å². The van der Waals surface area contributed by atoms with Crippen LogP contribution in [0.1, 0.15) is 11.1 Å². The van der Waals surface area contributed by atoms with Crippen LogP contribution in [0.25, 0.3) is 0 Å². The van der Waals surface area contributed by atoms with Crippen molar-refractivity contribution < 1.29 is 0 Å². The third-order valence-electron chi connectivity index (χ3n) is 3.72. The lowest BCUT2D eigenvalue weighted by molar-refractivity contribution is 0.890. The van der Waals surface area contributed by atoms with E-state index in [0.29, 0.717) is 6.54 Å². The molecule has 0 spiro atoms. The highest BCUT2D eigenvalue weighted by molar-refractivity contribution is 6.31. The molecule has 0 amide bonds. The zero-order chi connectivity index (χ0) is 16.8. The Balaban J connectivity index is 1.66. The van der Waals surface area contributed by atoms with Gasteiger partial charge in [-0.15, -0.1) is 0 Å². The standard InChI is InChI=1S/C19H19ClN4/c1-24(13-15-7-3-2-4-8-15)19-11-18(22-14-23-19)21-12-16-9-5-6-10-17(16)20/h2-11,14H,12-13H2,1H3,(H,21,22,23). The molecule has 1 aromatic heterocycles. The zero-order valence-electron chi connectivity index (χ0n) is 13.5. The Morgan fingerprint density at radius 3 is 2.54 bits per heavy atom. The molecule has 122 valence electrons. The lowest BCUT2D eigenvalue weighted by atomic mass is 10.2. The van der Waals surface area contributed by atoms with Gasteiger partial charge in [-0.3, -0.25) is 0 Å². The third kappa shape index (κ3) is 4.24. The van der Waals surface area contributed by atoms with Crippen LogP contribution in [0, 0.1) is 0 Å². The van der Waals surface area contributed by atoms with Gasteiger partial charge < -0.3 is 10.2 Å². The number of halogens is 1. The van der Waals surface area contributed by atoms with Crippen molar-refractivity contribution in [3.05, 3.63) is 83.1 Å². The summed E-state index contributed by atoms with van der Waals surface area (Å²) < 4.78 is 0. The molecular formula is C19H19ClN4. The summed E-state index contributed by atoms with van der Waals surface area (Å²) in [7, 11) is 2.02. The molecule has 1 heterocycles. The van der Waals surface area contributed by atoms with Crippen molar-refractivity contribution in [3.63, 3.8) is 0 Å². The molecule has 0 saturated carbocycles. The molecule has 0 fully saturated rings. The van der Waals surface area contributed by atoms with Crippen LogP contribution in [0.4, 0.5) is 11.6 Å². The molecule has 0 aliphatic carbocycles. The molecule has 4 nitrogen and oxygen atoms in total. The molecule has 3 aromatic rings. The van der Waals surface area contributed by atoms with Crippen molar-refractivity contribution in [2.75, 3.05) is 17.3 Å². The van der Waals surface area contributed by atoms with Gasteiger partial charge in [0.1, 0.15) is 18.0 Å². The van der Waals surface area contributed by atoms with Crippen molar-refractivity contribution in [1.82, 2.24) is 9.97 Å². The highest BCUT2D eigenvalue weighted by Crippen LogP contribution is 2.18. The largest absolute Gasteiger partial charge is 0.366 e. The molecule has 1 N–H and O–H groups in total. The monoisotopic (exact) mass is 338 g/mol. The lowest BCUT2D eigenvalue weighted by Gasteiger charge is -2.18. The van der Waals surface area contributed by atoms with Gasteiger partial charge in [0.2, 0.25) is 0 Å². The Labute approximate surface area is 147 Å². The van der Waals surface area contributed by atoms with E-state index in [4.69, 9.17) is 11.6 Å². The maximum absolute atomic E-state index is 6.18. The van der Waals surface area contributed by atoms with Crippen LogP contribution < -0.4 is 10.2 Å². The Kier molecular flexibility index (Phi) is 5.29. The zero-order valence-corrected chi connectivity index (χ0v) is 14.2. The number of hydrogen-bond donors (Lipinski definition) is 1. The predicted molar refractivity (Wildman–Crippen MR) is 99.4 cm³/mol. The summed E-state index contributed by atoms with van der Waals surface area (Å²) in [5, 5.41) is 4.05. The quantitative estimate of drug-likeness (QED) is 0.724. The van der Waals surface area contributed by atoms with Gasteiger partial charge in [0.05, 0.1) is 0 Å². The molecule has 0 unspecified atom stereocenters. The van der Waals surface area contributed by atoms with Crippen molar-refractivity contribution in [2.45, 2.75) is 13.1 Å². The number of nitrogens with zero attached hydrogens (tertiary/aromatic N) is 3. The van der Waals surface area contributed by atoms with E-state index in [1.165, 1.54) is 5.56 Å². The fourth-order valence-electron chi connectivity index (χ4n) is 2.42. The first-order chi connectivity index (χ1) is 11.7. The highest BCUT2D eigenvalue weighted by atomic mass is 35.5. The van der Waals surface area contributed by atoms with Crippen molar-refractivity contribution >= 4 is 23.2 Å². The Hall–Kier alpha value is -2.59. The Bertz CT molecular complexity index is 792. The first-order valence-corrected chi connectivity index (χ1v) is 8.14.